The molecule has 2 aliphatic rings. The number of phenolic OH excluding ortho intramolecular Hbond substituents is 1. The Hall–Kier alpha value is -2.37. The average molecular weight is 326 g/mol. The molecule has 1 aliphatic heterocycles. The van der Waals surface area contributed by atoms with Gasteiger partial charge in [-0.3, -0.25) is 9.48 Å². The maximum Gasteiger partial charge on any atom is 0.230 e. The Morgan fingerprint density at radius 1 is 1.25 bits per heavy atom. The van der Waals surface area contributed by atoms with E-state index in [1.54, 1.807) is 12.3 Å². The number of aromatic hydroxyl groups is 1. The predicted octanol–water partition coefficient (Wildman–Crippen LogP) is 1.95. The minimum Gasteiger partial charge on any atom is -0.508 e. The summed E-state index contributed by atoms with van der Waals surface area (Å²) in [4.78, 5) is 14.9. The number of piperidine rings is 1. The highest BCUT2D eigenvalue weighted by Crippen LogP contribution is 2.40. The highest BCUT2D eigenvalue weighted by Gasteiger charge is 2.35. The lowest BCUT2D eigenvalue weighted by Crippen LogP contribution is -2.41. The quantitative estimate of drug-likeness (QED) is 0.936. The molecule has 0 bridgehead atoms. The molecule has 4 rings (SSSR count). The second kappa shape index (κ2) is 6.26. The Morgan fingerprint density at radius 3 is 2.83 bits per heavy atom. The van der Waals surface area contributed by atoms with E-state index in [0.29, 0.717) is 5.92 Å². The molecule has 0 saturated carbocycles. The van der Waals surface area contributed by atoms with Gasteiger partial charge in [0.05, 0.1) is 12.1 Å². The van der Waals surface area contributed by atoms with Crippen molar-refractivity contribution in [1.29, 1.82) is 0 Å². The molecule has 24 heavy (non-hydrogen) atoms. The molecule has 1 amide bonds. The summed E-state index contributed by atoms with van der Waals surface area (Å²) in [5.74, 6) is 0.812. The van der Waals surface area contributed by atoms with Crippen LogP contribution in [-0.2, 0) is 17.8 Å². The van der Waals surface area contributed by atoms with Gasteiger partial charge in [0, 0.05) is 31.4 Å². The van der Waals surface area contributed by atoms with Gasteiger partial charge in [0.15, 0.2) is 0 Å². The maximum absolute atomic E-state index is 12.9. The number of benzene rings is 1. The minimum absolute atomic E-state index is 0.173. The third kappa shape index (κ3) is 2.77. The molecule has 0 radical (unpaired) electrons. The number of amides is 1. The smallest absolute Gasteiger partial charge is 0.230 e. The number of rotatable bonds is 3. The lowest BCUT2D eigenvalue weighted by atomic mass is 9.93. The number of hydrogen-bond acceptors (Lipinski definition) is 4. The molecule has 1 aromatic heterocycles. The van der Waals surface area contributed by atoms with E-state index in [-0.39, 0.29) is 17.6 Å². The van der Waals surface area contributed by atoms with Crippen molar-refractivity contribution in [3.63, 3.8) is 0 Å². The van der Waals surface area contributed by atoms with Crippen LogP contribution in [0.3, 0.4) is 0 Å². The molecule has 2 aromatic rings. The summed E-state index contributed by atoms with van der Waals surface area (Å²) in [6, 6.07) is 5.57. The summed E-state index contributed by atoms with van der Waals surface area (Å²) in [5.41, 5.74) is 1.97. The SMILES string of the molecule is O=C(C1CCc2cccc(O)c21)N1CCC(Cn2ccnn2)CC1. The number of aryl methyl sites for hydroxylation is 1. The van der Waals surface area contributed by atoms with Gasteiger partial charge in [0.1, 0.15) is 5.75 Å². The van der Waals surface area contributed by atoms with Gasteiger partial charge in [-0.1, -0.05) is 17.3 Å². The fourth-order valence-electron chi connectivity index (χ4n) is 4.06. The van der Waals surface area contributed by atoms with Gasteiger partial charge in [-0.25, -0.2) is 0 Å². The van der Waals surface area contributed by atoms with Crippen LogP contribution in [0.2, 0.25) is 0 Å². The van der Waals surface area contributed by atoms with E-state index in [0.717, 1.165) is 56.4 Å². The van der Waals surface area contributed by atoms with E-state index < -0.39 is 0 Å². The van der Waals surface area contributed by atoms with Gasteiger partial charge >= 0.3 is 0 Å². The third-order valence-electron chi connectivity index (χ3n) is 5.37. The van der Waals surface area contributed by atoms with E-state index in [2.05, 4.69) is 10.3 Å². The van der Waals surface area contributed by atoms with E-state index in [1.807, 2.05) is 27.9 Å². The van der Waals surface area contributed by atoms with Crippen LogP contribution in [0.25, 0.3) is 0 Å². The molecular weight excluding hydrogens is 304 g/mol. The van der Waals surface area contributed by atoms with Gasteiger partial charge in [-0.2, -0.15) is 0 Å². The van der Waals surface area contributed by atoms with Gasteiger partial charge in [-0.15, -0.1) is 5.10 Å². The van der Waals surface area contributed by atoms with Crippen LogP contribution in [0.1, 0.15) is 36.3 Å². The van der Waals surface area contributed by atoms with E-state index in [1.165, 1.54) is 0 Å². The number of carbonyl (C=O) groups excluding carboxylic acids is 1. The molecule has 1 unspecified atom stereocenters. The molecule has 1 atom stereocenters. The van der Waals surface area contributed by atoms with Gasteiger partial charge in [-0.05, 0) is 43.2 Å². The van der Waals surface area contributed by atoms with Crippen LogP contribution in [0.5, 0.6) is 5.75 Å². The van der Waals surface area contributed by atoms with Crippen LogP contribution in [0.4, 0.5) is 0 Å². The molecule has 126 valence electrons. The number of fused-ring (bicyclic) bond motifs is 1. The van der Waals surface area contributed by atoms with Crippen molar-refractivity contribution in [2.75, 3.05) is 13.1 Å². The standard InChI is InChI=1S/C18H22N4O2/c23-16-3-1-2-14-4-5-15(17(14)16)18(24)21-9-6-13(7-10-21)12-22-11-8-19-20-22/h1-3,8,11,13,15,23H,4-7,9-10,12H2. The van der Waals surface area contributed by atoms with Gasteiger partial charge in [0.2, 0.25) is 5.91 Å². The summed E-state index contributed by atoms with van der Waals surface area (Å²) in [6.07, 6.45) is 7.25. The van der Waals surface area contributed by atoms with Gasteiger partial charge in [0.25, 0.3) is 0 Å². The lowest BCUT2D eigenvalue weighted by molar-refractivity contribution is -0.134. The van der Waals surface area contributed by atoms with Crippen molar-refractivity contribution >= 4 is 5.91 Å². The Labute approximate surface area is 141 Å². The summed E-state index contributed by atoms with van der Waals surface area (Å²) < 4.78 is 1.87. The largest absolute Gasteiger partial charge is 0.508 e. The monoisotopic (exact) mass is 326 g/mol. The van der Waals surface area contributed by atoms with Crippen LogP contribution in [0.15, 0.2) is 30.6 Å². The summed E-state index contributed by atoms with van der Waals surface area (Å²) in [5, 5.41) is 18.0. The first-order valence-corrected chi connectivity index (χ1v) is 8.66. The molecule has 1 fully saturated rings. The second-order valence-electron chi connectivity index (χ2n) is 6.83. The third-order valence-corrected chi connectivity index (χ3v) is 5.37. The van der Waals surface area contributed by atoms with Crippen molar-refractivity contribution in [1.82, 2.24) is 19.9 Å². The van der Waals surface area contributed by atoms with Crippen LogP contribution >= 0.6 is 0 Å². The molecule has 1 aromatic carbocycles. The van der Waals surface area contributed by atoms with E-state index >= 15 is 0 Å². The van der Waals surface area contributed by atoms with Crippen molar-refractivity contribution in [3.8, 4) is 5.75 Å². The number of carbonyl (C=O) groups is 1. The zero-order chi connectivity index (χ0) is 16.5. The Morgan fingerprint density at radius 2 is 2.08 bits per heavy atom. The molecule has 1 aliphatic carbocycles. The molecule has 6 heteroatoms. The van der Waals surface area contributed by atoms with Crippen molar-refractivity contribution < 1.29 is 9.90 Å². The Balaban J connectivity index is 1.39. The first-order valence-electron chi connectivity index (χ1n) is 8.66. The molecular formula is C18H22N4O2. The molecule has 1 N–H and O–H groups in total. The van der Waals surface area contributed by atoms with Crippen molar-refractivity contribution in [3.05, 3.63) is 41.7 Å². The minimum atomic E-state index is -0.173. The number of likely N-dealkylation sites (tertiary alicyclic amines) is 1. The molecule has 2 heterocycles. The van der Waals surface area contributed by atoms with Crippen LogP contribution in [-0.4, -0.2) is 44.0 Å². The normalized spacial score (nSPS) is 21.0. The summed E-state index contributed by atoms with van der Waals surface area (Å²) in [7, 11) is 0. The maximum atomic E-state index is 12.9. The highest BCUT2D eigenvalue weighted by molar-refractivity contribution is 5.86. The van der Waals surface area contributed by atoms with E-state index in [4.69, 9.17) is 0 Å². The average Bonchev–Trinajstić information content (AvgIpc) is 3.25. The first kappa shape index (κ1) is 15.2. The number of nitrogens with zero attached hydrogens (tertiary/aromatic N) is 4. The fourth-order valence-corrected chi connectivity index (χ4v) is 4.06. The second-order valence-corrected chi connectivity index (χ2v) is 6.83. The fraction of sp³-hybridized carbons (Fsp3) is 0.500. The lowest BCUT2D eigenvalue weighted by Gasteiger charge is -2.33. The van der Waals surface area contributed by atoms with E-state index in [9.17, 15) is 9.90 Å². The zero-order valence-electron chi connectivity index (χ0n) is 13.6. The first-order chi connectivity index (χ1) is 11.7. The summed E-state index contributed by atoms with van der Waals surface area (Å²) in [6.45, 7) is 2.45. The molecule has 6 nitrogen and oxygen atoms in total. The number of aromatic nitrogens is 3. The number of hydrogen-bond donors (Lipinski definition) is 1. The van der Waals surface area contributed by atoms with Gasteiger partial charge < -0.3 is 10.0 Å². The zero-order valence-corrected chi connectivity index (χ0v) is 13.6. The highest BCUT2D eigenvalue weighted by atomic mass is 16.3. The molecule has 1 saturated heterocycles. The Kier molecular flexibility index (Phi) is 3.96. The predicted molar refractivity (Wildman–Crippen MR) is 88.5 cm³/mol. The Bertz CT molecular complexity index is 721. The van der Waals surface area contributed by atoms with Crippen molar-refractivity contribution in [2.24, 2.45) is 5.92 Å². The number of phenols is 1. The summed E-state index contributed by atoms with van der Waals surface area (Å²) >= 11 is 0. The van der Waals surface area contributed by atoms with Crippen molar-refractivity contribution in [2.45, 2.75) is 38.1 Å². The van der Waals surface area contributed by atoms with Crippen LogP contribution < -0.4 is 0 Å². The topological polar surface area (TPSA) is 71.2 Å². The van der Waals surface area contributed by atoms with Crippen LogP contribution in [0, 0.1) is 5.92 Å². The molecule has 0 spiro atoms.